The fourth-order valence-electron chi connectivity index (χ4n) is 1.76. The lowest BCUT2D eigenvalue weighted by Crippen LogP contribution is -1.94. The van der Waals surface area contributed by atoms with E-state index >= 15 is 0 Å². The number of anilines is 1. The van der Waals surface area contributed by atoms with Gasteiger partial charge in [-0.05, 0) is 18.2 Å². The molecule has 0 amide bonds. The standard InChI is InChI=1S/C13H8Cl2N2O3/c14-6-1-2-10(7(15)3-6)19-11-5-9-12(4-8(11)16)20-13(18)17-9/h1-5H,16H2,(H,17,18). The summed E-state index contributed by atoms with van der Waals surface area (Å²) >= 11 is 11.8. The molecule has 0 spiro atoms. The summed E-state index contributed by atoms with van der Waals surface area (Å²) in [5.74, 6) is 0.216. The van der Waals surface area contributed by atoms with Crippen LogP contribution in [0.4, 0.5) is 5.69 Å². The predicted octanol–water partition coefficient (Wildman–Crippen LogP) is 3.80. The van der Waals surface area contributed by atoms with Crippen molar-refractivity contribution < 1.29 is 9.15 Å². The molecular formula is C13H8Cl2N2O3. The molecule has 0 saturated carbocycles. The number of hydrogen-bond donors (Lipinski definition) is 2. The molecule has 2 aromatic carbocycles. The van der Waals surface area contributed by atoms with Gasteiger partial charge in [0, 0.05) is 17.2 Å². The van der Waals surface area contributed by atoms with Gasteiger partial charge >= 0.3 is 5.76 Å². The van der Waals surface area contributed by atoms with Crippen LogP contribution >= 0.6 is 23.2 Å². The van der Waals surface area contributed by atoms with Gasteiger partial charge in [0.1, 0.15) is 5.75 Å². The van der Waals surface area contributed by atoms with Gasteiger partial charge in [-0.25, -0.2) is 4.79 Å². The van der Waals surface area contributed by atoms with Crippen molar-refractivity contribution in [3.05, 3.63) is 50.9 Å². The first kappa shape index (κ1) is 12.9. The second-order valence-electron chi connectivity index (χ2n) is 4.08. The Kier molecular flexibility index (Phi) is 3.08. The molecule has 0 aliphatic carbocycles. The van der Waals surface area contributed by atoms with Crippen LogP contribution in [-0.2, 0) is 0 Å². The molecule has 7 heteroatoms. The number of benzene rings is 2. The molecule has 1 aromatic heterocycles. The normalized spacial score (nSPS) is 10.9. The number of nitrogens with one attached hydrogen (secondary N) is 1. The maximum Gasteiger partial charge on any atom is 0.417 e. The van der Waals surface area contributed by atoms with Crippen molar-refractivity contribution in [2.75, 3.05) is 5.73 Å². The van der Waals surface area contributed by atoms with Crippen LogP contribution in [0.15, 0.2) is 39.5 Å². The van der Waals surface area contributed by atoms with E-state index < -0.39 is 5.76 Å². The molecule has 20 heavy (non-hydrogen) atoms. The van der Waals surface area contributed by atoms with E-state index in [1.165, 1.54) is 6.07 Å². The summed E-state index contributed by atoms with van der Waals surface area (Å²) in [5.41, 5.74) is 7.03. The van der Waals surface area contributed by atoms with E-state index in [2.05, 4.69) is 4.98 Å². The van der Waals surface area contributed by atoms with Gasteiger partial charge in [0.15, 0.2) is 11.3 Å². The minimum atomic E-state index is -0.555. The molecule has 0 saturated heterocycles. The first-order valence-corrected chi connectivity index (χ1v) is 6.34. The van der Waals surface area contributed by atoms with E-state index in [0.717, 1.165) is 0 Å². The molecule has 0 fully saturated rings. The van der Waals surface area contributed by atoms with E-state index in [9.17, 15) is 4.79 Å². The largest absolute Gasteiger partial charge is 0.454 e. The van der Waals surface area contributed by atoms with Gasteiger partial charge in [-0.15, -0.1) is 0 Å². The predicted molar refractivity (Wildman–Crippen MR) is 77.8 cm³/mol. The number of aromatic nitrogens is 1. The van der Waals surface area contributed by atoms with E-state index in [1.807, 2.05) is 0 Å². The van der Waals surface area contributed by atoms with Crippen LogP contribution in [0.3, 0.4) is 0 Å². The quantitative estimate of drug-likeness (QED) is 0.705. The van der Waals surface area contributed by atoms with Gasteiger partial charge < -0.3 is 14.9 Å². The van der Waals surface area contributed by atoms with Gasteiger partial charge in [0.05, 0.1) is 16.2 Å². The van der Waals surface area contributed by atoms with E-state index in [0.29, 0.717) is 38.3 Å². The van der Waals surface area contributed by atoms with E-state index in [-0.39, 0.29) is 0 Å². The zero-order chi connectivity index (χ0) is 14.3. The lowest BCUT2D eigenvalue weighted by atomic mass is 10.2. The van der Waals surface area contributed by atoms with Gasteiger partial charge in [0.25, 0.3) is 0 Å². The second kappa shape index (κ2) is 4.77. The van der Waals surface area contributed by atoms with Crippen molar-refractivity contribution >= 4 is 40.0 Å². The Morgan fingerprint density at radius 2 is 1.95 bits per heavy atom. The highest BCUT2D eigenvalue weighted by Crippen LogP contribution is 2.35. The van der Waals surface area contributed by atoms with E-state index in [1.54, 1.807) is 24.3 Å². The van der Waals surface area contributed by atoms with Crippen LogP contribution in [0.5, 0.6) is 11.5 Å². The molecule has 0 atom stereocenters. The monoisotopic (exact) mass is 310 g/mol. The summed E-state index contributed by atoms with van der Waals surface area (Å²) in [6.45, 7) is 0. The third-order valence-corrected chi connectivity index (χ3v) is 3.20. The Hall–Kier alpha value is -2.11. The number of fused-ring (bicyclic) bond motifs is 1. The molecule has 0 unspecified atom stereocenters. The number of aromatic amines is 1. The Bertz CT molecular complexity index is 854. The molecule has 102 valence electrons. The van der Waals surface area contributed by atoms with Gasteiger partial charge in [0.2, 0.25) is 0 Å². The molecule has 1 heterocycles. The minimum absolute atomic E-state index is 0.325. The summed E-state index contributed by atoms with van der Waals surface area (Å²) in [4.78, 5) is 13.6. The lowest BCUT2D eigenvalue weighted by Gasteiger charge is -2.09. The Balaban J connectivity index is 2.05. The molecule has 3 rings (SSSR count). The number of H-pyrrole nitrogens is 1. The number of hydrogen-bond acceptors (Lipinski definition) is 4. The minimum Gasteiger partial charge on any atom is -0.454 e. The average molecular weight is 311 g/mol. The van der Waals surface area contributed by atoms with Crippen molar-refractivity contribution in [3.63, 3.8) is 0 Å². The molecule has 5 nitrogen and oxygen atoms in total. The topological polar surface area (TPSA) is 81.2 Å². The number of oxazole rings is 1. The number of nitrogen functional groups attached to an aromatic ring is 1. The van der Waals surface area contributed by atoms with Crippen molar-refractivity contribution in [1.29, 1.82) is 0 Å². The first-order valence-electron chi connectivity index (χ1n) is 5.58. The average Bonchev–Trinajstić information content (AvgIpc) is 2.72. The number of ether oxygens (including phenoxy) is 1. The van der Waals surface area contributed by atoms with Crippen LogP contribution in [0.25, 0.3) is 11.1 Å². The van der Waals surface area contributed by atoms with Crippen molar-refractivity contribution in [1.82, 2.24) is 4.98 Å². The van der Waals surface area contributed by atoms with Crippen LogP contribution in [0, 0.1) is 0 Å². The Morgan fingerprint density at radius 3 is 2.70 bits per heavy atom. The summed E-state index contributed by atoms with van der Waals surface area (Å²) in [5, 5.41) is 0.864. The lowest BCUT2D eigenvalue weighted by molar-refractivity contribution is 0.485. The fraction of sp³-hybridized carbons (Fsp3) is 0. The van der Waals surface area contributed by atoms with Crippen LogP contribution in [0.1, 0.15) is 0 Å². The third-order valence-electron chi connectivity index (χ3n) is 2.67. The SMILES string of the molecule is Nc1cc2oc(=O)[nH]c2cc1Oc1ccc(Cl)cc1Cl. The maximum absolute atomic E-state index is 11.1. The van der Waals surface area contributed by atoms with Crippen molar-refractivity contribution in [3.8, 4) is 11.5 Å². The molecule has 0 radical (unpaired) electrons. The van der Waals surface area contributed by atoms with Crippen LogP contribution in [-0.4, -0.2) is 4.98 Å². The summed E-state index contributed by atoms with van der Waals surface area (Å²) in [6.07, 6.45) is 0. The first-order chi connectivity index (χ1) is 9.52. The molecule has 3 aromatic rings. The zero-order valence-corrected chi connectivity index (χ0v) is 11.5. The van der Waals surface area contributed by atoms with Crippen LogP contribution in [0.2, 0.25) is 10.0 Å². The summed E-state index contributed by atoms with van der Waals surface area (Å²) < 4.78 is 10.5. The highest BCUT2D eigenvalue weighted by molar-refractivity contribution is 6.35. The third kappa shape index (κ3) is 2.33. The molecular weight excluding hydrogens is 303 g/mol. The smallest absolute Gasteiger partial charge is 0.417 e. The molecule has 0 aliphatic heterocycles. The molecule has 0 aliphatic rings. The Labute approximate surface area is 122 Å². The molecule has 3 N–H and O–H groups in total. The molecule has 0 bridgehead atoms. The number of rotatable bonds is 2. The van der Waals surface area contributed by atoms with Crippen LogP contribution < -0.4 is 16.2 Å². The van der Waals surface area contributed by atoms with E-state index in [4.69, 9.17) is 38.1 Å². The van der Waals surface area contributed by atoms with Crippen molar-refractivity contribution in [2.45, 2.75) is 0 Å². The summed E-state index contributed by atoms with van der Waals surface area (Å²) in [6, 6.07) is 7.92. The fourth-order valence-corrected chi connectivity index (χ4v) is 2.21. The zero-order valence-electron chi connectivity index (χ0n) is 9.94. The maximum atomic E-state index is 11.1. The highest BCUT2D eigenvalue weighted by Gasteiger charge is 2.10. The van der Waals surface area contributed by atoms with Crippen molar-refractivity contribution in [2.24, 2.45) is 0 Å². The van der Waals surface area contributed by atoms with Gasteiger partial charge in [-0.3, -0.25) is 4.98 Å². The second-order valence-corrected chi connectivity index (χ2v) is 4.92. The van der Waals surface area contributed by atoms with Gasteiger partial charge in [-0.2, -0.15) is 0 Å². The number of halogens is 2. The highest BCUT2D eigenvalue weighted by atomic mass is 35.5. The number of nitrogens with two attached hydrogens (primary N) is 1. The van der Waals surface area contributed by atoms with Gasteiger partial charge in [-0.1, -0.05) is 23.2 Å². The Morgan fingerprint density at radius 1 is 1.15 bits per heavy atom. The summed E-state index contributed by atoms with van der Waals surface area (Å²) in [7, 11) is 0.